The second-order valence-corrected chi connectivity index (χ2v) is 8.54. The Morgan fingerprint density at radius 2 is 1.52 bits per heavy atom. The first-order valence-electron chi connectivity index (χ1n) is 11.5. The molecule has 1 saturated carbocycles. The van der Waals surface area contributed by atoms with Crippen molar-refractivity contribution < 1.29 is 4.74 Å². The van der Waals surface area contributed by atoms with Gasteiger partial charge in [-0.25, -0.2) is 0 Å². The lowest BCUT2D eigenvalue weighted by Gasteiger charge is -2.29. The molecular formula is C26H38O. The summed E-state index contributed by atoms with van der Waals surface area (Å²) in [6.07, 6.45) is 15.2. The minimum Gasteiger partial charge on any atom is -0.494 e. The molecule has 1 aliphatic rings. The van der Waals surface area contributed by atoms with Gasteiger partial charge in [0.15, 0.2) is 0 Å². The van der Waals surface area contributed by atoms with Crippen molar-refractivity contribution >= 4 is 10.8 Å². The first-order valence-corrected chi connectivity index (χ1v) is 11.5. The van der Waals surface area contributed by atoms with Gasteiger partial charge in [0.05, 0.1) is 6.61 Å². The average molecular weight is 367 g/mol. The van der Waals surface area contributed by atoms with Crippen LogP contribution >= 0.6 is 0 Å². The van der Waals surface area contributed by atoms with Gasteiger partial charge in [0, 0.05) is 0 Å². The summed E-state index contributed by atoms with van der Waals surface area (Å²) < 4.78 is 5.78. The standard InChI is InChI=1S/C26H38O/c1-3-5-6-7-8-9-21-10-12-22(13-11-21)23-14-15-25-20-26(27-18-4-2)17-16-24(25)19-23/h14-17,19-22H,3-13,18H2,1-2H3. The van der Waals surface area contributed by atoms with Crippen LogP contribution in [0.15, 0.2) is 36.4 Å². The van der Waals surface area contributed by atoms with E-state index in [0.29, 0.717) is 0 Å². The summed E-state index contributed by atoms with van der Waals surface area (Å²) in [4.78, 5) is 0. The molecule has 0 aromatic heterocycles. The minimum absolute atomic E-state index is 0.766. The lowest BCUT2D eigenvalue weighted by atomic mass is 9.77. The van der Waals surface area contributed by atoms with E-state index in [4.69, 9.17) is 4.74 Å². The van der Waals surface area contributed by atoms with E-state index in [1.165, 1.54) is 75.0 Å². The molecule has 1 nitrogen and oxygen atoms in total. The maximum atomic E-state index is 5.78. The van der Waals surface area contributed by atoms with Crippen molar-refractivity contribution in [3.05, 3.63) is 42.0 Å². The minimum atomic E-state index is 0.766. The number of unbranched alkanes of at least 4 members (excludes halogenated alkanes) is 4. The summed E-state index contributed by atoms with van der Waals surface area (Å²) in [7, 11) is 0. The molecule has 0 atom stereocenters. The highest BCUT2D eigenvalue weighted by atomic mass is 16.5. The van der Waals surface area contributed by atoms with Crippen molar-refractivity contribution in [2.24, 2.45) is 5.92 Å². The molecule has 0 saturated heterocycles. The third-order valence-electron chi connectivity index (χ3n) is 6.34. The monoisotopic (exact) mass is 366 g/mol. The molecule has 0 amide bonds. The maximum absolute atomic E-state index is 5.78. The zero-order valence-electron chi connectivity index (χ0n) is 17.5. The van der Waals surface area contributed by atoms with E-state index in [9.17, 15) is 0 Å². The zero-order valence-corrected chi connectivity index (χ0v) is 17.5. The molecule has 0 unspecified atom stereocenters. The van der Waals surface area contributed by atoms with E-state index in [-0.39, 0.29) is 0 Å². The van der Waals surface area contributed by atoms with Crippen LogP contribution in [0.5, 0.6) is 5.75 Å². The highest BCUT2D eigenvalue weighted by Gasteiger charge is 2.22. The van der Waals surface area contributed by atoms with E-state index in [1.54, 1.807) is 5.56 Å². The topological polar surface area (TPSA) is 9.23 Å². The SMILES string of the molecule is CCCCCCCC1CCC(c2ccc3cc(OCCC)ccc3c2)CC1. The summed E-state index contributed by atoms with van der Waals surface area (Å²) in [6.45, 7) is 5.24. The predicted octanol–water partition coefficient (Wildman–Crippen LogP) is 8.26. The van der Waals surface area contributed by atoms with Gasteiger partial charge in [-0.15, -0.1) is 0 Å². The lowest BCUT2D eigenvalue weighted by Crippen LogP contribution is -2.13. The van der Waals surface area contributed by atoms with Gasteiger partial charge in [-0.2, -0.15) is 0 Å². The molecular weight excluding hydrogens is 328 g/mol. The highest BCUT2D eigenvalue weighted by molar-refractivity contribution is 5.84. The fourth-order valence-corrected chi connectivity index (χ4v) is 4.63. The molecule has 2 aromatic rings. The molecule has 2 aromatic carbocycles. The molecule has 1 heteroatoms. The van der Waals surface area contributed by atoms with Gasteiger partial charge < -0.3 is 4.74 Å². The number of ether oxygens (including phenoxy) is 1. The van der Waals surface area contributed by atoms with Crippen LogP contribution < -0.4 is 4.74 Å². The molecule has 27 heavy (non-hydrogen) atoms. The Morgan fingerprint density at radius 3 is 2.30 bits per heavy atom. The maximum Gasteiger partial charge on any atom is 0.119 e. The zero-order chi connectivity index (χ0) is 18.9. The van der Waals surface area contributed by atoms with Crippen LogP contribution in [-0.4, -0.2) is 6.61 Å². The first kappa shape index (κ1) is 20.2. The number of hydrogen-bond acceptors (Lipinski definition) is 1. The van der Waals surface area contributed by atoms with Gasteiger partial charge in [-0.3, -0.25) is 0 Å². The number of fused-ring (bicyclic) bond motifs is 1. The van der Waals surface area contributed by atoms with Crippen LogP contribution in [0.25, 0.3) is 10.8 Å². The van der Waals surface area contributed by atoms with E-state index < -0.39 is 0 Å². The Bertz CT molecular complexity index is 682. The Hall–Kier alpha value is -1.50. The summed E-state index contributed by atoms with van der Waals surface area (Å²) in [5, 5.41) is 2.66. The van der Waals surface area contributed by atoms with E-state index in [2.05, 4.69) is 50.2 Å². The Morgan fingerprint density at radius 1 is 0.778 bits per heavy atom. The second-order valence-electron chi connectivity index (χ2n) is 8.54. The van der Waals surface area contributed by atoms with Crippen LogP contribution in [0, 0.1) is 5.92 Å². The van der Waals surface area contributed by atoms with Gasteiger partial charge >= 0.3 is 0 Å². The van der Waals surface area contributed by atoms with Crippen molar-refractivity contribution in [3.8, 4) is 5.75 Å². The van der Waals surface area contributed by atoms with Crippen LogP contribution in [0.2, 0.25) is 0 Å². The van der Waals surface area contributed by atoms with Crippen molar-refractivity contribution in [1.29, 1.82) is 0 Å². The molecule has 0 bridgehead atoms. The second kappa shape index (κ2) is 10.7. The molecule has 148 valence electrons. The van der Waals surface area contributed by atoms with Crippen molar-refractivity contribution in [3.63, 3.8) is 0 Å². The van der Waals surface area contributed by atoms with E-state index >= 15 is 0 Å². The van der Waals surface area contributed by atoms with E-state index in [1.807, 2.05) is 0 Å². The quantitative estimate of drug-likeness (QED) is 0.384. The largest absolute Gasteiger partial charge is 0.494 e. The molecule has 0 spiro atoms. The summed E-state index contributed by atoms with van der Waals surface area (Å²) in [5.41, 5.74) is 1.55. The summed E-state index contributed by atoms with van der Waals surface area (Å²) >= 11 is 0. The fourth-order valence-electron chi connectivity index (χ4n) is 4.63. The fraction of sp³-hybridized carbons (Fsp3) is 0.615. The van der Waals surface area contributed by atoms with Crippen LogP contribution in [0.1, 0.15) is 96.0 Å². The van der Waals surface area contributed by atoms with Crippen LogP contribution in [0.4, 0.5) is 0 Å². The Labute approximate surface area is 166 Å². The molecule has 0 N–H and O–H groups in total. The Balaban J connectivity index is 1.51. The number of benzene rings is 2. The molecule has 0 radical (unpaired) electrons. The lowest BCUT2D eigenvalue weighted by molar-refractivity contribution is 0.302. The molecule has 1 aliphatic carbocycles. The van der Waals surface area contributed by atoms with Gasteiger partial charge in [0.2, 0.25) is 0 Å². The first-order chi connectivity index (χ1) is 13.3. The van der Waals surface area contributed by atoms with Crippen molar-refractivity contribution in [2.45, 2.75) is 90.4 Å². The summed E-state index contributed by atoms with van der Waals surface area (Å²) in [5.74, 6) is 2.75. The highest BCUT2D eigenvalue weighted by Crippen LogP contribution is 2.38. The Kier molecular flexibility index (Phi) is 8.05. The van der Waals surface area contributed by atoms with Gasteiger partial charge in [-0.1, -0.05) is 76.6 Å². The van der Waals surface area contributed by atoms with Gasteiger partial charge in [0.1, 0.15) is 5.75 Å². The third kappa shape index (κ3) is 5.99. The number of rotatable bonds is 10. The molecule has 0 heterocycles. The molecule has 3 rings (SSSR count). The predicted molar refractivity (Wildman–Crippen MR) is 118 cm³/mol. The summed E-state index contributed by atoms with van der Waals surface area (Å²) in [6, 6.07) is 13.6. The van der Waals surface area contributed by atoms with Crippen molar-refractivity contribution in [1.82, 2.24) is 0 Å². The van der Waals surface area contributed by atoms with E-state index in [0.717, 1.165) is 30.6 Å². The van der Waals surface area contributed by atoms with Gasteiger partial charge in [-0.05, 0) is 72.4 Å². The smallest absolute Gasteiger partial charge is 0.119 e. The van der Waals surface area contributed by atoms with Crippen molar-refractivity contribution in [2.75, 3.05) is 6.61 Å². The third-order valence-corrected chi connectivity index (χ3v) is 6.34. The average Bonchev–Trinajstić information content (AvgIpc) is 2.72. The molecule has 1 fully saturated rings. The molecule has 0 aliphatic heterocycles. The van der Waals surface area contributed by atoms with Gasteiger partial charge in [0.25, 0.3) is 0 Å². The number of hydrogen-bond donors (Lipinski definition) is 0. The normalized spacial score (nSPS) is 20.1. The van der Waals surface area contributed by atoms with Crippen LogP contribution in [0.3, 0.4) is 0 Å². The van der Waals surface area contributed by atoms with Crippen LogP contribution in [-0.2, 0) is 0 Å².